The Morgan fingerprint density at radius 1 is 1.29 bits per heavy atom. The highest BCUT2D eigenvalue weighted by Gasteiger charge is 2.25. The summed E-state index contributed by atoms with van der Waals surface area (Å²) in [7, 11) is 1.96. The molecule has 4 aromatic rings. The van der Waals surface area contributed by atoms with Crippen molar-refractivity contribution >= 4 is 11.3 Å². The lowest BCUT2D eigenvalue weighted by Crippen LogP contribution is -2.44. The summed E-state index contributed by atoms with van der Waals surface area (Å²) >= 11 is 0. The Morgan fingerprint density at radius 3 is 2.89 bits per heavy atom. The maximum atomic E-state index is 5.62. The molecule has 0 amide bonds. The first-order valence-electron chi connectivity index (χ1n) is 9.50. The minimum atomic E-state index is 0.261. The van der Waals surface area contributed by atoms with Gasteiger partial charge in [-0.3, -0.25) is 4.68 Å². The van der Waals surface area contributed by atoms with Crippen LogP contribution in [0.3, 0.4) is 0 Å². The summed E-state index contributed by atoms with van der Waals surface area (Å²) in [5, 5.41) is 9.37. The summed E-state index contributed by atoms with van der Waals surface area (Å²) in [6.45, 7) is 6.42. The lowest BCUT2D eigenvalue weighted by Gasteiger charge is -2.34. The predicted molar refractivity (Wildman–Crippen MR) is 107 cm³/mol. The molecule has 1 N–H and O–H groups in total. The molecule has 0 bridgehead atoms. The fraction of sp³-hybridized carbons (Fsp3) is 0.350. The van der Waals surface area contributed by atoms with Crippen LogP contribution in [-0.4, -0.2) is 55.2 Å². The lowest BCUT2D eigenvalue weighted by molar-refractivity contribution is 0.0984. The molecule has 0 saturated carbocycles. The molecule has 4 aromatic heterocycles. The molecule has 28 heavy (non-hydrogen) atoms. The number of fused-ring (bicyclic) bond motifs is 1. The van der Waals surface area contributed by atoms with Gasteiger partial charge in [-0.1, -0.05) is 0 Å². The van der Waals surface area contributed by atoms with Crippen LogP contribution < -0.4 is 4.90 Å². The molecule has 5 heterocycles. The second-order valence-corrected chi connectivity index (χ2v) is 7.24. The van der Waals surface area contributed by atoms with Crippen LogP contribution in [0.25, 0.3) is 28.3 Å². The Balaban J connectivity index is 1.80. The molecule has 1 aliphatic heterocycles. The molecular weight excluding hydrogens is 354 g/mol. The molecule has 0 spiro atoms. The van der Waals surface area contributed by atoms with Crippen LogP contribution in [0, 0.1) is 6.92 Å². The Kier molecular flexibility index (Phi) is 3.94. The van der Waals surface area contributed by atoms with Crippen LogP contribution in [0.4, 0.5) is 5.82 Å². The Bertz CT molecular complexity index is 1130. The highest BCUT2D eigenvalue weighted by atomic mass is 16.5. The zero-order valence-electron chi connectivity index (χ0n) is 16.3. The van der Waals surface area contributed by atoms with E-state index in [1.807, 2.05) is 53.8 Å². The monoisotopic (exact) mass is 377 g/mol. The summed E-state index contributed by atoms with van der Waals surface area (Å²) in [6, 6.07) is 8.44. The zero-order valence-corrected chi connectivity index (χ0v) is 16.3. The number of nitrogens with zero attached hydrogens (tertiary/aromatic N) is 6. The molecule has 1 atom stereocenters. The van der Waals surface area contributed by atoms with Crippen molar-refractivity contribution in [2.75, 3.05) is 24.7 Å². The number of aryl methyl sites for hydroxylation is 2. The van der Waals surface area contributed by atoms with Crippen LogP contribution in [0.5, 0.6) is 0 Å². The largest absolute Gasteiger partial charge is 0.377 e. The molecule has 0 aromatic carbocycles. The number of aromatic nitrogens is 6. The van der Waals surface area contributed by atoms with Crippen molar-refractivity contribution in [1.82, 2.24) is 29.4 Å². The zero-order chi connectivity index (χ0) is 19.3. The molecule has 1 saturated heterocycles. The predicted octanol–water partition coefficient (Wildman–Crippen LogP) is 2.66. The van der Waals surface area contributed by atoms with Crippen LogP contribution in [0.2, 0.25) is 0 Å². The number of hydrogen-bond donors (Lipinski definition) is 1. The molecule has 1 fully saturated rings. The molecule has 5 rings (SSSR count). The van der Waals surface area contributed by atoms with Gasteiger partial charge >= 0.3 is 0 Å². The first-order valence-corrected chi connectivity index (χ1v) is 9.50. The van der Waals surface area contributed by atoms with E-state index in [0.29, 0.717) is 13.2 Å². The minimum absolute atomic E-state index is 0.261. The number of aromatic amines is 1. The van der Waals surface area contributed by atoms with Gasteiger partial charge in [-0.25, -0.2) is 9.50 Å². The van der Waals surface area contributed by atoms with Crippen molar-refractivity contribution in [2.24, 2.45) is 7.05 Å². The average molecular weight is 377 g/mol. The molecule has 0 aliphatic carbocycles. The van der Waals surface area contributed by atoms with E-state index in [-0.39, 0.29) is 6.04 Å². The fourth-order valence-corrected chi connectivity index (χ4v) is 3.94. The summed E-state index contributed by atoms with van der Waals surface area (Å²) in [5.74, 6) is 1.73. The van der Waals surface area contributed by atoms with Gasteiger partial charge in [0.15, 0.2) is 11.6 Å². The molecule has 0 unspecified atom stereocenters. The van der Waals surface area contributed by atoms with E-state index < -0.39 is 0 Å². The van der Waals surface area contributed by atoms with Crippen LogP contribution >= 0.6 is 0 Å². The van der Waals surface area contributed by atoms with Crippen molar-refractivity contribution < 1.29 is 4.74 Å². The van der Waals surface area contributed by atoms with Crippen LogP contribution in [-0.2, 0) is 11.8 Å². The van der Waals surface area contributed by atoms with Gasteiger partial charge in [-0.2, -0.15) is 5.10 Å². The van der Waals surface area contributed by atoms with Crippen molar-refractivity contribution in [3.63, 3.8) is 0 Å². The van der Waals surface area contributed by atoms with Gasteiger partial charge < -0.3 is 14.6 Å². The number of hydrogen-bond acceptors (Lipinski definition) is 5. The van der Waals surface area contributed by atoms with Gasteiger partial charge in [0.25, 0.3) is 0 Å². The van der Waals surface area contributed by atoms with Crippen LogP contribution in [0.15, 0.2) is 36.7 Å². The minimum Gasteiger partial charge on any atom is -0.377 e. The Labute approximate surface area is 162 Å². The summed E-state index contributed by atoms with van der Waals surface area (Å²) in [5.41, 5.74) is 4.99. The number of imidazole rings is 1. The fourth-order valence-electron chi connectivity index (χ4n) is 3.94. The molecule has 8 heteroatoms. The summed E-state index contributed by atoms with van der Waals surface area (Å²) < 4.78 is 9.47. The third-order valence-corrected chi connectivity index (χ3v) is 5.36. The van der Waals surface area contributed by atoms with Gasteiger partial charge in [-0.05, 0) is 38.1 Å². The van der Waals surface area contributed by atoms with Crippen molar-refractivity contribution in [1.29, 1.82) is 0 Å². The van der Waals surface area contributed by atoms with Crippen molar-refractivity contribution in [2.45, 2.75) is 19.9 Å². The Hall–Kier alpha value is -3.13. The third-order valence-electron chi connectivity index (χ3n) is 5.36. The molecule has 144 valence electrons. The molecular formula is C20H23N7O. The molecule has 0 radical (unpaired) electrons. The smallest absolute Gasteiger partial charge is 0.178 e. The van der Waals surface area contributed by atoms with E-state index in [1.165, 1.54) is 0 Å². The number of nitrogens with one attached hydrogen (secondary N) is 1. The standard InChI is InChI=1S/C20H23N7O/c1-13-12-28-10-9-26(13)18-11-15(17-6-8-22-25(17)3)19-14(2)23-20(27(19)24-18)16-5-4-7-21-16/h4-8,11,13,21H,9-10,12H2,1-3H3/t13-/m1/s1. The summed E-state index contributed by atoms with van der Waals surface area (Å²) in [6.07, 6.45) is 3.72. The van der Waals surface area contributed by atoms with E-state index >= 15 is 0 Å². The molecule has 8 nitrogen and oxygen atoms in total. The van der Waals surface area contributed by atoms with Crippen LogP contribution in [0.1, 0.15) is 12.6 Å². The third kappa shape index (κ3) is 2.60. The van der Waals surface area contributed by atoms with Gasteiger partial charge in [0.1, 0.15) is 0 Å². The van der Waals surface area contributed by atoms with Gasteiger partial charge in [0, 0.05) is 31.5 Å². The SMILES string of the molecule is Cc1nc(-c2ccc[nH]2)n2nc(N3CCOC[C@H]3C)cc(-c3ccnn3C)c12. The van der Waals surface area contributed by atoms with Crippen molar-refractivity contribution in [3.8, 4) is 22.8 Å². The highest BCUT2D eigenvalue weighted by molar-refractivity contribution is 5.83. The number of ether oxygens (including phenoxy) is 1. The number of rotatable bonds is 3. The highest BCUT2D eigenvalue weighted by Crippen LogP contribution is 2.33. The number of H-pyrrole nitrogens is 1. The Morgan fingerprint density at radius 2 is 2.18 bits per heavy atom. The normalized spacial score (nSPS) is 17.5. The summed E-state index contributed by atoms with van der Waals surface area (Å²) in [4.78, 5) is 10.4. The first kappa shape index (κ1) is 17.0. The lowest BCUT2D eigenvalue weighted by atomic mass is 10.1. The van der Waals surface area contributed by atoms with E-state index in [0.717, 1.165) is 46.3 Å². The van der Waals surface area contributed by atoms with Gasteiger partial charge in [0.2, 0.25) is 0 Å². The van der Waals surface area contributed by atoms with E-state index in [2.05, 4.69) is 28.0 Å². The maximum absolute atomic E-state index is 5.62. The van der Waals surface area contributed by atoms with E-state index in [4.69, 9.17) is 14.8 Å². The second-order valence-electron chi connectivity index (χ2n) is 7.24. The van der Waals surface area contributed by atoms with Crippen molar-refractivity contribution in [3.05, 3.63) is 42.4 Å². The topological polar surface area (TPSA) is 76.3 Å². The quantitative estimate of drug-likeness (QED) is 0.594. The number of morpholine rings is 1. The first-order chi connectivity index (χ1) is 13.6. The average Bonchev–Trinajstić information content (AvgIpc) is 3.42. The van der Waals surface area contributed by atoms with E-state index in [1.54, 1.807) is 0 Å². The van der Waals surface area contributed by atoms with Gasteiger partial charge in [0.05, 0.1) is 41.9 Å². The number of anilines is 1. The molecule has 1 aliphatic rings. The second kappa shape index (κ2) is 6.49. The van der Waals surface area contributed by atoms with Gasteiger partial charge in [-0.15, -0.1) is 5.10 Å². The van der Waals surface area contributed by atoms with E-state index in [9.17, 15) is 0 Å². The maximum Gasteiger partial charge on any atom is 0.178 e.